The number of nitrogens with one attached hydrogen (secondary N) is 1. The number of amides is 1. The molecule has 0 spiro atoms. The van der Waals surface area contributed by atoms with E-state index in [4.69, 9.17) is 23.2 Å². The summed E-state index contributed by atoms with van der Waals surface area (Å²) in [5.41, 5.74) is 3.30. The molecule has 11 heteroatoms. The maximum absolute atomic E-state index is 12.7. The topological polar surface area (TPSA) is 79.4 Å². The second-order valence-electron chi connectivity index (χ2n) is 6.51. The second kappa shape index (κ2) is 7.88. The molecule has 0 saturated heterocycles. The van der Waals surface area contributed by atoms with Crippen molar-refractivity contribution in [1.29, 1.82) is 0 Å². The van der Waals surface area contributed by atoms with E-state index in [9.17, 15) is 13.2 Å². The number of fused-ring (bicyclic) bond motifs is 1. The number of thiophene rings is 1. The van der Waals surface area contributed by atoms with Gasteiger partial charge in [0.15, 0.2) is 5.13 Å². The van der Waals surface area contributed by atoms with Gasteiger partial charge in [0, 0.05) is 23.1 Å². The lowest BCUT2D eigenvalue weighted by atomic mass is 10.0. The summed E-state index contributed by atoms with van der Waals surface area (Å²) in [4.78, 5) is 17.1. The van der Waals surface area contributed by atoms with Crippen LogP contribution in [0.25, 0.3) is 11.3 Å². The van der Waals surface area contributed by atoms with Crippen LogP contribution in [-0.2, 0) is 16.4 Å². The maximum Gasteiger partial charge on any atom is 0.257 e. The fourth-order valence-corrected chi connectivity index (χ4v) is 6.37. The molecule has 0 unspecified atom stereocenters. The van der Waals surface area contributed by atoms with Gasteiger partial charge in [-0.3, -0.25) is 14.4 Å². The van der Waals surface area contributed by atoms with Crippen molar-refractivity contribution >= 4 is 72.6 Å². The molecular weight excluding hydrogens is 473 g/mol. The number of rotatable bonds is 4. The molecule has 0 atom stereocenters. The molecule has 1 amide bonds. The average molecular weight is 488 g/mol. The van der Waals surface area contributed by atoms with Crippen molar-refractivity contribution in [3.05, 3.63) is 49.4 Å². The minimum Gasteiger partial charge on any atom is -0.298 e. The van der Waals surface area contributed by atoms with Crippen LogP contribution in [-0.4, -0.2) is 32.1 Å². The Hall–Kier alpha value is -1.65. The number of carbonyl (C=O) groups excluding carboxylic acids is 1. The summed E-state index contributed by atoms with van der Waals surface area (Å²) in [6.45, 7) is 0.453. The molecule has 0 radical (unpaired) electrons. The van der Waals surface area contributed by atoms with Gasteiger partial charge < -0.3 is 0 Å². The normalized spacial score (nSPS) is 14.0. The third-order valence-corrected chi connectivity index (χ3v) is 7.90. The van der Waals surface area contributed by atoms with Crippen molar-refractivity contribution in [1.82, 2.24) is 4.98 Å². The Morgan fingerprint density at radius 3 is 2.76 bits per heavy atom. The second-order valence-corrected chi connectivity index (χ2v) is 11.6. The molecular formula is C18H15Cl2N3O3S3. The van der Waals surface area contributed by atoms with E-state index in [2.05, 4.69) is 10.3 Å². The summed E-state index contributed by atoms with van der Waals surface area (Å²) in [5, 5.41) is 5.03. The number of sulfonamides is 1. The summed E-state index contributed by atoms with van der Waals surface area (Å²) in [5.74, 6) is -0.306. The molecule has 1 aromatic carbocycles. The Morgan fingerprint density at radius 1 is 1.28 bits per heavy atom. The first kappa shape index (κ1) is 20.6. The van der Waals surface area contributed by atoms with E-state index in [0.29, 0.717) is 43.7 Å². The zero-order chi connectivity index (χ0) is 20.8. The first-order valence-corrected chi connectivity index (χ1v) is 12.8. The third-order valence-electron chi connectivity index (χ3n) is 4.48. The number of nitrogens with zero attached hydrogens (tertiary/aromatic N) is 2. The number of aromatic nitrogens is 1. The smallest absolute Gasteiger partial charge is 0.257 e. The van der Waals surface area contributed by atoms with Gasteiger partial charge in [0.1, 0.15) is 4.34 Å². The van der Waals surface area contributed by atoms with Crippen molar-refractivity contribution < 1.29 is 13.2 Å². The number of carbonyl (C=O) groups is 1. The lowest BCUT2D eigenvalue weighted by Crippen LogP contribution is -2.34. The van der Waals surface area contributed by atoms with E-state index >= 15 is 0 Å². The van der Waals surface area contributed by atoms with Crippen LogP contribution in [0.15, 0.2) is 29.6 Å². The van der Waals surface area contributed by atoms with Crippen molar-refractivity contribution in [3.8, 4) is 11.3 Å². The molecule has 1 aliphatic rings. The first-order valence-electron chi connectivity index (χ1n) is 8.55. The lowest BCUT2D eigenvalue weighted by Gasteiger charge is -2.29. The van der Waals surface area contributed by atoms with Gasteiger partial charge in [0.05, 0.1) is 22.0 Å². The quantitative estimate of drug-likeness (QED) is 0.552. The van der Waals surface area contributed by atoms with Crippen molar-refractivity contribution in [2.24, 2.45) is 0 Å². The minimum absolute atomic E-state index is 0.306. The molecule has 1 aliphatic heterocycles. The average Bonchev–Trinajstić information content (AvgIpc) is 3.25. The van der Waals surface area contributed by atoms with E-state index in [1.54, 1.807) is 29.6 Å². The molecule has 0 saturated carbocycles. The molecule has 2 aromatic heterocycles. The van der Waals surface area contributed by atoms with E-state index < -0.39 is 10.0 Å². The number of hydrogen-bond donors (Lipinski definition) is 1. The summed E-state index contributed by atoms with van der Waals surface area (Å²) in [6.07, 6.45) is 2.63. The third kappa shape index (κ3) is 4.29. The number of hydrogen-bond acceptors (Lipinski definition) is 6. The molecule has 6 nitrogen and oxygen atoms in total. The van der Waals surface area contributed by atoms with Crippen LogP contribution in [0.2, 0.25) is 8.67 Å². The highest BCUT2D eigenvalue weighted by Gasteiger charge is 2.25. The number of aryl methyl sites for hydroxylation is 1. The van der Waals surface area contributed by atoms with E-state index in [1.165, 1.54) is 33.2 Å². The van der Waals surface area contributed by atoms with Gasteiger partial charge in [-0.15, -0.1) is 22.7 Å². The summed E-state index contributed by atoms with van der Waals surface area (Å²) >= 11 is 14.7. The van der Waals surface area contributed by atoms with Crippen molar-refractivity contribution in [2.45, 2.75) is 12.8 Å². The molecule has 0 fully saturated rings. The summed E-state index contributed by atoms with van der Waals surface area (Å²) in [7, 11) is -3.34. The summed E-state index contributed by atoms with van der Waals surface area (Å²) < 4.78 is 26.5. The van der Waals surface area contributed by atoms with Crippen LogP contribution in [0, 0.1) is 0 Å². The van der Waals surface area contributed by atoms with Gasteiger partial charge in [-0.2, -0.15) is 0 Å². The predicted octanol–water partition coefficient (Wildman–Crippen LogP) is 5.14. The Labute approximate surface area is 186 Å². The standard InChI is InChI=1S/C18H15Cl2N3O3S3/c1-29(25,26)23-6-2-3-10-7-11(4-5-14(10)23)17(24)22-18-21-13(9-27-18)12-8-15(19)28-16(12)20/h4-5,7-9H,2-3,6H2,1H3,(H,21,22,24). The number of anilines is 2. The monoisotopic (exact) mass is 487 g/mol. The highest BCUT2D eigenvalue weighted by atomic mass is 35.5. The largest absolute Gasteiger partial charge is 0.298 e. The molecule has 0 bridgehead atoms. The van der Waals surface area contributed by atoms with Crippen LogP contribution in [0.3, 0.4) is 0 Å². The van der Waals surface area contributed by atoms with E-state index in [0.717, 1.165) is 17.5 Å². The molecule has 0 aliphatic carbocycles. The molecule has 3 heterocycles. The van der Waals surface area contributed by atoms with Crippen LogP contribution in [0.4, 0.5) is 10.8 Å². The van der Waals surface area contributed by atoms with Crippen LogP contribution in [0.1, 0.15) is 22.3 Å². The number of benzene rings is 1. The Kier molecular flexibility index (Phi) is 5.60. The lowest BCUT2D eigenvalue weighted by molar-refractivity contribution is 0.102. The zero-order valence-corrected chi connectivity index (χ0v) is 19.1. The molecule has 152 valence electrons. The van der Waals surface area contributed by atoms with Gasteiger partial charge in [-0.1, -0.05) is 23.2 Å². The molecule has 3 aromatic rings. The number of thiazole rings is 1. The van der Waals surface area contributed by atoms with E-state index in [1.807, 2.05) is 0 Å². The fourth-order valence-electron chi connectivity index (χ4n) is 3.19. The highest BCUT2D eigenvalue weighted by molar-refractivity contribution is 7.92. The fraction of sp³-hybridized carbons (Fsp3) is 0.222. The predicted molar refractivity (Wildman–Crippen MR) is 120 cm³/mol. The van der Waals surface area contributed by atoms with Gasteiger partial charge in [0.2, 0.25) is 10.0 Å². The zero-order valence-electron chi connectivity index (χ0n) is 15.1. The Bertz CT molecular complexity index is 1200. The van der Waals surface area contributed by atoms with Gasteiger partial charge in [-0.05, 0) is 42.7 Å². The van der Waals surface area contributed by atoms with Crippen LogP contribution in [0.5, 0.6) is 0 Å². The highest BCUT2D eigenvalue weighted by Crippen LogP contribution is 2.39. The maximum atomic E-state index is 12.7. The Balaban J connectivity index is 1.55. The SMILES string of the molecule is CS(=O)(=O)N1CCCc2cc(C(=O)Nc3nc(-c4cc(Cl)sc4Cl)cs3)ccc21. The van der Waals surface area contributed by atoms with Gasteiger partial charge in [-0.25, -0.2) is 13.4 Å². The van der Waals surface area contributed by atoms with Gasteiger partial charge in [0.25, 0.3) is 5.91 Å². The first-order chi connectivity index (χ1) is 13.7. The van der Waals surface area contributed by atoms with Crippen molar-refractivity contribution in [2.75, 3.05) is 22.4 Å². The van der Waals surface area contributed by atoms with Crippen LogP contribution < -0.4 is 9.62 Å². The molecule has 29 heavy (non-hydrogen) atoms. The minimum atomic E-state index is -3.34. The Morgan fingerprint density at radius 2 is 2.07 bits per heavy atom. The van der Waals surface area contributed by atoms with E-state index in [-0.39, 0.29) is 5.91 Å². The summed E-state index contributed by atoms with van der Waals surface area (Å²) in [6, 6.07) is 6.80. The molecule has 4 rings (SSSR count). The van der Waals surface area contributed by atoms with Gasteiger partial charge >= 0.3 is 0 Å². The van der Waals surface area contributed by atoms with Crippen LogP contribution >= 0.6 is 45.9 Å². The van der Waals surface area contributed by atoms with Crippen molar-refractivity contribution in [3.63, 3.8) is 0 Å². The number of halogens is 2. The molecule has 1 N–H and O–H groups in total.